The van der Waals surface area contributed by atoms with E-state index in [1.54, 1.807) is 36.9 Å². The number of amides is 3. The minimum Gasteiger partial charge on any atom is -0.490 e. The topological polar surface area (TPSA) is 124 Å². The van der Waals surface area contributed by atoms with Crippen molar-refractivity contribution in [2.75, 3.05) is 18.5 Å². The molecule has 1 aliphatic heterocycles. The molecule has 0 aliphatic carbocycles. The molecule has 1 saturated heterocycles. The Bertz CT molecular complexity index is 1120. The number of aromatic nitrogens is 2. The first-order valence-corrected chi connectivity index (χ1v) is 10.2. The maximum absolute atomic E-state index is 12.4. The summed E-state index contributed by atoms with van der Waals surface area (Å²) in [6, 6.07) is 4.87. The Balaban J connectivity index is 1.74. The second kappa shape index (κ2) is 9.60. The molecule has 1 fully saturated rings. The summed E-state index contributed by atoms with van der Waals surface area (Å²) in [6.45, 7) is 5.59. The first-order valence-electron chi connectivity index (χ1n) is 9.77. The molecule has 2 aromatic rings. The Morgan fingerprint density at radius 2 is 1.88 bits per heavy atom. The predicted molar refractivity (Wildman–Crippen MR) is 121 cm³/mol. The highest BCUT2D eigenvalue weighted by Gasteiger charge is 2.25. The number of nitrogens with one attached hydrogen (secondary N) is 3. The standard InChI is InChI=1S/C21H23N5O5S/c1-5-30-16-9-13(8-14-19(28)23-21(32)24-20(14)29)6-7-15(16)31-10-17(27)22-18-11(2)25-26(4)12(18)3/h6-9H,5,10H2,1-4H3,(H,22,27)(H2,23,24,28,29,32). The molecule has 0 atom stereocenters. The van der Waals surface area contributed by atoms with Gasteiger partial charge in [-0.25, -0.2) is 0 Å². The zero-order chi connectivity index (χ0) is 23.4. The number of ether oxygens (including phenoxy) is 2. The van der Waals surface area contributed by atoms with Gasteiger partial charge in [-0.1, -0.05) is 6.07 Å². The first-order chi connectivity index (χ1) is 15.2. The van der Waals surface area contributed by atoms with Crippen molar-refractivity contribution in [3.63, 3.8) is 0 Å². The largest absolute Gasteiger partial charge is 0.490 e. The van der Waals surface area contributed by atoms with E-state index < -0.39 is 11.8 Å². The van der Waals surface area contributed by atoms with Gasteiger partial charge >= 0.3 is 0 Å². The molecule has 0 bridgehead atoms. The minimum absolute atomic E-state index is 0.0362. The third-order valence-corrected chi connectivity index (χ3v) is 4.86. The summed E-state index contributed by atoms with van der Waals surface area (Å²) >= 11 is 4.79. The van der Waals surface area contributed by atoms with Crippen LogP contribution in [0.15, 0.2) is 23.8 Å². The van der Waals surface area contributed by atoms with Crippen molar-refractivity contribution in [1.29, 1.82) is 0 Å². The van der Waals surface area contributed by atoms with Gasteiger partial charge in [0.2, 0.25) is 0 Å². The number of carbonyl (C=O) groups excluding carboxylic acids is 3. The predicted octanol–water partition coefficient (Wildman–Crippen LogP) is 1.37. The van der Waals surface area contributed by atoms with Gasteiger partial charge in [0.1, 0.15) is 5.57 Å². The van der Waals surface area contributed by atoms with Gasteiger partial charge in [-0.05, 0) is 56.8 Å². The number of benzene rings is 1. The lowest BCUT2D eigenvalue weighted by Gasteiger charge is -2.17. The van der Waals surface area contributed by atoms with Crippen molar-refractivity contribution < 1.29 is 23.9 Å². The van der Waals surface area contributed by atoms with Crippen LogP contribution in [0.25, 0.3) is 6.08 Å². The average molecular weight is 458 g/mol. The molecule has 0 spiro atoms. The summed E-state index contributed by atoms with van der Waals surface area (Å²) in [7, 11) is 1.80. The van der Waals surface area contributed by atoms with Crippen LogP contribution in [0.3, 0.4) is 0 Å². The van der Waals surface area contributed by atoms with Gasteiger partial charge < -0.3 is 14.8 Å². The third-order valence-electron chi connectivity index (χ3n) is 4.65. The lowest BCUT2D eigenvalue weighted by Crippen LogP contribution is -2.51. The van der Waals surface area contributed by atoms with E-state index >= 15 is 0 Å². The quantitative estimate of drug-likeness (QED) is 0.326. The fourth-order valence-electron chi connectivity index (χ4n) is 3.05. The number of hydrogen-bond acceptors (Lipinski definition) is 7. The van der Waals surface area contributed by atoms with Crippen LogP contribution in [-0.4, -0.2) is 45.8 Å². The van der Waals surface area contributed by atoms with Gasteiger partial charge in [0.15, 0.2) is 23.2 Å². The molecule has 0 radical (unpaired) electrons. The highest BCUT2D eigenvalue weighted by atomic mass is 32.1. The van der Waals surface area contributed by atoms with Crippen LogP contribution >= 0.6 is 12.2 Å². The normalized spacial score (nSPS) is 13.4. The van der Waals surface area contributed by atoms with E-state index in [0.29, 0.717) is 35.1 Å². The molecule has 0 unspecified atom stereocenters. The lowest BCUT2D eigenvalue weighted by molar-refractivity contribution is -0.123. The molecule has 3 amide bonds. The van der Waals surface area contributed by atoms with Gasteiger partial charge in [0.25, 0.3) is 17.7 Å². The van der Waals surface area contributed by atoms with Gasteiger partial charge in [-0.15, -0.1) is 0 Å². The summed E-state index contributed by atoms with van der Waals surface area (Å²) in [5.41, 5.74) is 2.65. The van der Waals surface area contributed by atoms with Crippen LogP contribution in [0.1, 0.15) is 23.9 Å². The van der Waals surface area contributed by atoms with E-state index in [1.165, 1.54) is 6.08 Å². The summed E-state index contributed by atoms with van der Waals surface area (Å²) in [5.74, 6) is -0.799. The third kappa shape index (κ3) is 5.11. The van der Waals surface area contributed by atoms with Gasteiger partial charge in [0, 0.05) is 7.05 Å². The molecule has 1 aliphatic rings. The van der Waals surface area contributed by atoms with Crippen LogP contribution in [0.4, 0.5) is 5.69 Å². The Kier molecular flexibility index (Phi) is 6.89. The highest BCUT2D eigenvalue weighted by molar-refractivity contribution is 7.80. The van der Waals surface area contributed by atoms with Gasteiger partial charge in [-0.2, -0.15) is 5.10 Å². The van der Waals surface area contributed by atoms with Crippen LogP contribution in [-0.2, 0) is 21.4 Å². The number of nitrogens with zero attached hydrogens (tertiary/aromatic N) is 2. The van der Waals surface area contributed by atoms with Crippen molar-refractivity contribution >= 4 is 46.8 Å². The molecule has 2 heterocycles. The summed E-state index contributed by atoms with van der Waals surface area (Å²) in [6.07, 6.45) is 1.42. The summed E-state index contributed by atoms with van der Waals surface area (Å²) in [5, 5.41) is 11.8. The smallest absolute Gasteiger partial charge is 0.263 e. The fraction of sp³-hybridized carbons (Fsp3) is 0.286. The molecule has 1 aromatic heterocycles. The van der Waals surface area contributed by atoms with Crippen LogP contribution in [0.5, 0.6) is 11.5 Å². The van der Waals surface area contributed by atoms with E-state index in [4.69, 9.17) is 21.7 Å². The maximum atomic E-state index is 12.4. The molecular weight excluding hydrogens is 434 g/mol. The van der Waals surface area contributed by atoms with Crippen molar-refractivity contribution in [2.24, 2.45) is 7.05 Å². The number of hydrogen-bond donors (Lipinski definition) is 3. The van der Waals surface area contributed by atoms with E-state index in [-0.39, 0.29) is 23.2 Å². The Morgan fingerprint density at radius 3 is 2.47 bits per heavy atom. The number of anilines is 1. The minimum atomic E-state index is -0.588. The fourth-order valence-corrected chi connectivity index (χ4v) is 3.23. The Labute approximate surface area is 189 Å². The molecule has 3 rings (SSSR count). The van der Waals surface area contributed by atoms with Gasteiger partial charge in [-0.3, -0.25) is 29.7 Å². The summed E-state index contributed by atoms with van der Waals surface area (Å²) in [4.78, 5) is 36.5. The van der Waals surface area contributed by atoms with Crippen molar-refractivity contribution in [1.82, 2.24) is 20.4 Å². The molecule has 1 aromatic carbocycles. The summed E-state index contributed by atoms with van der Waals surface area (Å²) < 4.78 is 12.9. The molecule has 11 heteroatoms. The molecule has 0 saturated carbocycles. The van der Waals surface area contributed by atoms with Crippen molar-refractivity contribution in [2.45, 2.75) is 20.8 Å². The lowest BCUT2D eigenvalue weighted by atomic mass is 10.1. The maximum Gasteiger partial charge on any atom is 0.263 e. The van der Waals surface area contributed by atoms with Crippen LogP contribution in [0, 0.1) is 13.8 Å². The molecular formula is C21H23N5O5S. The SMILES string of the molecule is CCOc1cc(C=C2C(=O)NC(=S)NC2=O)ccc1OCC(=O)Nc1c(C)nn(C)c1C. The number of rotatable bonds is 7. The van der Waals surface area contributed by atoms with Crippen molar-refractivity contribution in [3.8, 4) is 11.5 Å². The second-order valence-corrected chi connectivity index (χ2v) is 7.35. The zero-order valence-electron chi connectivity index (χ0n) is 18.1. The second-order valence-electron chi connectivity index (χ2n) is 6.94. The number of aryl methyl sites for hydroxylation is 2. The van der Waals surface area contributed by atoms with E-state index in [0.717, 1.165) is 5.69 Å². The Morgan fingerprint density at radius 1 is 1.19 bits per heavy atom. The molecule has 32 heavy (non-hydrogen) atoms. The zero-order valence-corrected chi connectivity index (χ0v) is 18.9. The monoisotopic (exact) mass is 457 g/mol. The molecule has 10 nitrogen and oxygen atoms in total. The highest BCUT2D eigenvalue weighted by Crippen LogP contribution is 2.30. The Hall–Kier alpha value is -3.73. The van der Waals surface area contributed by atoms with E-state index in [1.807, 2.05) is 13.8 Å². The first kappa shape index (κ1) is 22.9. The van der Waals surface area contributed by atoms with Gasteiger partial charge in [0.05, 0.1) is 23.7 Å². The van der Waals surface area contributed by atoms with E-state index in [9.17, 15) is 14.4 Å². The van der Waals surface area contributed by atoms with Crippen molar-refractivity contribution in [3.05, 3.63) is 40.7 Å². The van der Waals surface area contributed by atoms with E-state index in [2.05, 4.69) is 21.0 Å². The molecule has 3 N–H and O–H groups in total. The number of thiocarbonyl (C=S) groups is 1. The number of carbonyl (C=O) groups is 3. The van der Waals surface area contributed by atoms with Crippen LogP contribution in [0.2, 0.25) is 0 Å². The molecule has 168 valence electrons. The van der Waals surface area contributed by atoms with Crippen LogP contribution < -0.4 is 25.4 Å². The average Bonchev–Trinajstić information content (AvgIpc) is 2.96.